The number of pyridine rings is 1. The molecule has 2 aromatic heterocycles. The van der Waals surface area contributed by atoms with E-state index in [1.807, 2.05) is 0 Å². The molecule has 8 heteroatoms. The van der Waals surface area contributed by atoms with Crippen LogP contribution in [0.15, 0.2) is 88.8 Å². The Balaban J connectivity index is 1.69. The van der Waals surface area contributed by atoms with Crippen LogP contribution in [0, 0.1) is 0 Å². The Morgan fingerprint density at radius 3 is 2.37 bits per heavy atom. The molecule has 0 atom stereocenters. The average molecular weight is 378 g/mol. The third-order valence-corrected chi connectivity index (χ3v) is 5.36. The zero-order chi connectivity index (χ0) is 18.9. The van der Waals surface area contributed by atoms with Gasteiger partial charge in [-0.2, -0.15) is 9.78 Å². The zero-order valence-corrected chi connectivity index (χ0v) is 14.8. The third kappa shape index (κ3) is 3.30. The second-order valence-corrected chi connectivity index (χ2v) is 7.45. The molecule has 1 N–H and O–H groups in total. The molecular formula is C19H14N4O3S. The van der Waals surface area contributed by atoms with E-state index >= 15 is 0 Å². The van der Waals surface area contributed by atoms with Crippen molar-refractivity contribution in [1.29, 1.82) is 0 Å². The lowest BCUT2D eigenvalue weighted by molar-refractivity contribution is 0.601. The maximum atomic E-state index is 12.6. The Hall–Kier alpha value is -3.52. The van der Waals surface area contributed by atoms with Crippen LogP contribution < -0.4 is 10.3 Å². The zero-order valence-electron chi connectivity index (χ0n) is 14.0. The van der Waals surface area contributed by atoms with E-state index in [4.69, 9.17) is 0 Å². The molecule has 2 aromatic carbocycles. The molecule has 2 heterocycles. The Bertz CT molecular complexity index is 1270. The fourth-order valence-corrected chi connectivity index (χ4v) is 3.70. The number of aromatic nitrogens is 3. The summed E-state index contributed by atoms with van der Waals surface area (Å²) in [5, 5.41) is 4.78. The summed E-state index contributed by atoms with van der Waals surface area (Å²) in [6.07, 6.45) is 3.09. The first-order chi connectivity index (χ1) is 13.0. The van der Waals surface area contributed by atoms with Crippen molar-refractivity contribution >= 4 is 26.6 Å². The molecule has 0 aliphatic carbocycles. The highest BCUT2D eigenvalue weighted by molar-refractivity contribution is 7.92. The minimum absolute atomic E-state index is 0.0852. The van der Waals surface area contributed by atoms with Crippen LogP contribution in [0.1, 0.15) is 0 Å². The van der Waals surface area contributed by atoms with Gasteiger partial charge >= 0.3 is 0 Å². The van der Waals surface area contributed by atoms with Gasteiger partial charge < -0.3 is 0 Å². The van der Waals surface area contributed by atoms with Crippen molar-refractivity contribution in [2.45, 2.75) is 4.90 Å². The lowest BCUT2D eigenvalue weighted by atomic mass is 10.3. The van der Waals surface area contributed by atoms with Gasteiger partial charge in [0.25, 0.3) is 15.6 Å². The van der Waals surface area contributed by atoms with E-state index in [2.05, 4.69) is 14.8 Å². The second-order valence-electron chi connectivity index (χ2n) is 5.77. The molecule has 0 aliphatic heterocycles. The number of anilines is 1. The lowest BCUT2D eigenvalue weighted by Crippen LogP contribution is -2.21. The van der Waals surface area contributed by atoms with Gasteiger partial charge in [-0.1, -0.05) is 18.2 Å². The fraction of sp³-hybridized carbons (Fsp3) is 0. The number of benzene rings is 2. The first kappa shape index (κ1) is 16.9. The Morgan fingerprint density at radius 1 is 0.889 bits per heavy atom. The van der Waals surface area contributed by atoms with Gasteiger partial charge in [-0.15, -0.1) is 0 Å². The van der Waals surface area contributed by atoms with Gasteiger partial charge in [-0.25, -0.2) is 8.42 Å². The minimum atomic E-state index is -3.73. The van der Waals surface area contributed by atoms with Gasteiger partial charge in [0, 0.05) is 17.3 Å². The quantitative estimate of drug-likeness (QED) is 0.589. The molecule has 0 saturated heterocycles. The number of nitrogens with zero attached hydrogens (tertiary/aromatic N) is 3. The van der Waals surface area contributed by atoms with E-state index in [0.29, 0.717) is 22.3 Å². The number of sulfonamides is 1. The maximum absolute atomic E-state index is 12.6. The van der Waals surface area contributed by atoms with Crippen LogP contribution >= 0.6 is 0 Å². The molecule has 134 valence electrons. The molecule has 0 saturated carbocycles. The molecule has 0 radical (unpaired) electrons. The number of fused-ring (bicyclic) bond motifs is 1. The maximum Gasteiger partial charge on any atom is 0.297 e. The van der Waals surface area contributed by atoms with Gasteiger partial charge in [0.15, 0.2) is 0 Å². The van der Waals surface area contributed by atoms with E-state index in [1.165, 1.54) is 28.9 Å². The summed E-state index contributed by atoms with van der Waals surface area (Å²) in [7, 11) is -3.73. The summed E-state index contributed by atoms with van der Waals surface area (Å²) in [4.78, 5) is 16.7. The van der Waals surface area contributed by atoms with Gasteiger partial charge in [0.05, 0.1) is 16.8 Å². The van der Waals surface area contributed by atoms with Crippen LogP contribution in [-0.4, -0.2) is 23.2 Å². The van der Waals surface area contributed by atoms with E-state index in [0.717, 1.165) is 0 Å². The number of hydrogen-bond acceptors (Lipinski definition) is 5. The molecule has 4 rings (SSSR count). The molecule has 27 heavy (non-hydrogen) atoms. The van der Waals surface area contributed by atoms with Crippen LogP contribution in [0.4, 0.5) is 5.69 Å². The van der Waals surface area contributed by atoms with Crippen LogP contribution in [0.3, 0.4) is 0 Å². The summed E-state index contributed by atoms with van der Waals surface area (Å²) in [6, 6.07) is 18.0. The minimum Gasteiger partial charge on any atom is -0.280 e. The first-order valence-corrected chi connectivity index (χ1v) is 9.54. The molecule has 0 unspecified atom stereocenters. The van der Waals surface area contributed by atoms with E-state index in [9.17, 15) is 13.2 Å². The van der Waals surface area contributed by atoms with Gasteiger partial charge in [0.2, 0.25) is 0 Å². The largest absolute Gasteiger partial charge is 0.297 e. The Morgan fingerprint density at radius 2 is 1.63 bits per heavy atom. The van der Waals surface area contributed by atoms with Crippen molar-refractivity contribution in [2.75, 3.05) is 4.72 Å². The number of para-hydroxylation sites is 1. The summed E-state index contributed by atoms with van der Waals surface area (Å²) in [6.45, 7) is 0. The third-order valence-electron chi connectivity index (χ3n) is 3.96. The van der Waals surface area contributed by atoms with Crippen LogP contribution in [0.2, 0.25) is 0 Å². The summed E-state index contributed by atoms with van der Waals surface area (Å²) in [5.74, 6) is 0. The highest BCUT2D eigenvalue weighted by Gasteiger charge is 2.15. The van der Waals surface area contributed by atoms with Crippen LogP contribution in [0.5, 0.6) is 0 Å². The van der Waals surface area contributed by atoms with Crippen LogP contribution in [-0.2, 0) is 10.0 Å². The summed E-state index contributed by atoms with van der Waals surface area (Å²) >= 11 is 0. The highest BCUT2D eigenvalue weighted by Crippen LogP contribution is 2.17. The highest BCUT2D eigenvalue weighted by atomic mass is 32.2. The average Bonchev–Trinajstić information content (AvgIpc) is 2.69. The fourth-order valence-electron chi connectivity index (χ4n) is 2.64. The molecule has 7 nitrogen and oxygen atoms in total. The normalized spacial score (nSPS) is 11.4. The van der Waals surface area contributed by atoms with Crippen LogP contribution in [0.25, 0.3) is 16.6 Å². The van der Waals surface area contributed by atoms with Gasteiger partial charge in [0.1, 0.15) is 5.52 Å². The summed E-state index contributed by atoms with van der Waals surface area (Å²) < 4.78 is 28.7. The molecule has 0 amide bonds. The number of hydrogen-bond donors (Lipinski definition) is 1. The van der Waals surface area contributed by atoms with E-state index in [-0.39, 0.29) is 10.5 Å². The smallest absolute Gasteiger partial charge is 0.280 e. The number of nitrogens with one attached hydrogen (secondary N) is 1. The SMILES string of the molecule is O=c1c2ncccc2cnn1-c1ccc(S(=O)(=O)Nc2ccccc2)cc1. The molecule has 4 aromatic rings. The predicted molar refractivity (Wildman–Crippen MR) is 102 cm³/mol. The molecule has 0 bridgehead atoms. The van der Waals surface area contributed by atoms with Crippen molar-refractivity contribution in [2.24, 2.45) is 0 Å². The van der Waals surface area contributed by atoms with Crippen molar-refractivity contribution in [3.05, 3.63) is 89.5 Å². The molecule has 0 fully saturated rings. The predicted octanol–water partition coefficient (Wildman–Crippen LogP) is 2.58. The Kier molecular flexibility index (Phi) is 4.17. The van der Waals surface area contributed by atoms with Crippen molar-refractivity contribution < 1.29 is 8.42 Å². The van der Waals surface area contributed by atoms with Gasteiger partial charge in [-0.05, 0) is 48.5 Å². The molecule has 0 spiro atoms. The van der Waals surface area contributed by atoms with E-state index < -0.39 is 10.0 Å². The second kappa shape index (κ2) is 6.65. The van der Waals surface area contributed by atoms with Gasteiger partial charge in [-0.3, -0.25) is 14.5 Å². The monoisotopic (exact) mass is 378 g/mol. The summed E-state index contributed by atoms with van der Waals surface area (Å²) in [5.41, 5.74) is 0.854. The standard InChI is InChI=1S/C19H14N4O3S/c24-19-18-14(5-4-12-20-18)13-21-23(19)16-8-10-17(11-9-16)27(25,26)22-15-6-2-1-3-7-15/h1-13,22H. The number of rotatable bonds is 4. The Labute approximate surface area is 155 Å². The topological polar surface area (TPSA) is 93.9 Å². The van der Waals surface area contributed by atoms with Crippen molar-refractivity contribution in [3.63, 3.8) is 0 Å². The first-order valence-electron chi connectivity index (χ1n) is 8.06. The van der Waals surface area contributed by atoms with E-state index in [1.54, 1.807) is 54.9 Å². The van der Waals surface area contributed by atoms with Crippen molar-refractivity contribution in [1.82, 2.24) is 14.8 Å². The molecular weight excluding hydrogens is 364 g/mol. The lowest BCUT2D eigenvalue weighted by Gasteiger charge is -2.09. The molecule has 0 aliphatic rings. The van der Waals surface area contributed by atoms with Crippen molar-refractivity contribution in [3.8, 4) is 5.69 Å².